The van der Waals surface area contributed by atoms with E-state index in [9.17, 15) is 14.4 Å². The van der Waals surface area contributed by atoms with Gasteiger partial charge in [0.15, 0.2) is 0 Å². The van der Waals surface area contributed by atoms with Crippen LogP contribution in [0.5, 0.6) is 0 Å². The minimum absolute atomic E-state index is 0.0380. The molecule has 1 aromatic heterocycles. The molecule has 3 heterocycles. The first-order valence-electron chi connectivity index (χ1n) is 10.5. The summed E-state index contributed by atoms with van der Waals surface area (Å²) in [6, 6.07) is 8.84. The van der Waals surface area contributed by atoms with Crippen molar-refractivity contribution < 1.29 is 19.1 Å². The maximum Gasteiger partial charge on any atom is 0.261 e. The molecule has 2 aromatic rings. The summed E-state index contributed by atoms with van der Waals surface area (Å²) in [5.41, 5.74) is 1.15. The minimum atomic E-state index is -0.304. The van der Waals surface area contributed by atoms with E-state index in [4.69, 9.17) is 4.74 Å². The Kier molecular flexibility index (Phi) is 6.29. The average Bonchev–Trinajstić information content (AvgIpc) is 3.50. The van der Waals surface area contributed by atoms with Gasteiger partial charge in [0.05, 0.1) is 23.8 Å². The van der Waals surface area contributed by atoms with Crippen molar-refractivity contribution >= 4 is 29.1 Å². The number of thiophene rings is 1. The lowest BCUT2D eigenvalue weighted by atomic mass is 10.0. The summed E-state index contributed by atoms with van der Waals surface area (Å²) in [5.74, 6) is -0.715. The fraction of sp³-hybridized carbons (Fsp3) is 0.435. The summed E-state index contributed by atoms with van der Waals surface area (Å²) < 4.78 is 5.75. The lowest BCUT2D eigenvalue weighted by Crippen LogP contribution is -2.36. The smallest absolute Gasteiger partial charge is 0.261 e. The quantitative estimate of drug-likeness (QED) is 0.599. The highest BCUT2D eigenvalue weighted by Gasteiger charge is 2.36. The van der Waals surface area contributed by atoms with Crippen LogP contribution in [0.15, 0.2) is 35.7 Å². The average molecular weight is 427 g/mol. The summed E-state index contributed by atoms with van der Waals surface area (Å²) in [6.07, 6.45) is 3.66. The van der Waals surface area contributed by atoms with Crippen LogP contribution in [0.3, 0.4) is 0 Å². The zero-order valence-corrected chi connectivity index (χ0v) is 18.0. The van der Waals surface area contributed by atoms with Gasteiger partial charge >= 0.3 is 0 Å². The third-order valence-electron chi connectivity index (χ3n) is 5.61. The topological polar surface area (TPSA) is 66.9 Å². The maximum atomic E-state index is 13.4. The molecule has 0 bridgehead atoms. The van der Waals surface area contributed by atoms with Crippen molar-refractivity contribution in [2.24, 2.45) is 0 Å². The van der Waals surface area contributed by atoms with Crippen LogP contribution < -0.4 is 0 Å². The predicted molar refractivity (Wildman–Crippen MR) is 115 cm³/mol. The summed E-state index contributed by atoms with van der Waals surface area (Å²) in [7, 11) is 0. The molecule has 1 unspecified atom stereocenters. The van der Waals surface area contributed by atoms with Gasteiger partial charge in [-0.2, -0.15) is 0 Å². The summed E-state index contributed by atoms with van der Waals surface area (Å²) in [6.45, 7) is 4.18. The number of fused-ring (bicyclic) bond motifs is 1. The molecule has 1 atom stereocenters. The molecule has 4 rings (SSSR count). The molecule has 1 fully saturated rings. The highest BCUT2D eigenvalue weighted by atomic mass is 32.1. The Morgan fingerprint density at radius 3 is 2.77 bits per heavy atom. The van der Waals surface area contributed by atoms with E-state index in [0.717, 1.165) is 37.2 Å². The second-order valence-electron chi connectivity index (χ2n) is 7.78. The molecule has 1 aromatic carbocycles. The second-order valence-corrected chi connectivity index (χ2v) is 8.81. The van der Waals surface area contributed by atoms with Crippen LogP contribution >= 0.6 is 11.3 Å². The molecule has 6 nitrogen and oxygen atoms in total. The van der Waals surface area contributed by atoms with E-state index < -0.39 is 0 Å². The minimum Gasteiger partial charge on any atom is -0.376 e. The molecule has 3 amide bonds. The number of hydrogen-bond donors (Lipinski definition) is 0. The number of amides is 3. The molecule has 2 aliphatic rings. The molecule has 1 saturated heterocycles. The van der Waals surface area contributed by atoms with Crippen molar-refractivity contribution in [2.45, 2.75) is 45.3 Å². The number of rotatable bonds is 8. The molecule has 0 spiro atoms. The third kappa shape index (κ3) is 4.18. The van der Waals surface area contributed by atoms with E-state index in [1.165, 1.54) is 4.90 Å². The fourth-order valence-electron chi connectivity index (χ4n) is 3.97. The number of carbonyl (C=O) groups is 3. The molecule has 0 radical (unpaired) electrons. The van der Waals surface area contributed by atoms with Gasteiger partial charge in [0.25, 0.3) is 17.7 Å². The van der Waals surface area contributed by atoms with E-state index >= 15 is 0 Å². The number of ether oxygens (including phenoxy) is 1. The van der Waals surface area contributed by atoms with Gasteiger partial charge < -0.3 is 9.64 Å². The van der Waals surface area contributed by atoms with Crippen LogP contribution in [-0.4, -0.2) is 53.3 Å². The van der Waals surface area contributed by atoms with Crippen molar-refractivity contribution in [3.63, 3.8) is 0 Å². The number of imide groups is 1. The molecule has 2 aliphatic heterocycles. The van der Waals surface area contributed by atoms with Gasteiger partial charge in [-0.25, -0.2) is 0 Å². The summed E-state index contributed by atoms with van der Waals surface area (Å²) in [5, 5.41) is 1.99. The van der Waals surface area contributed by atoms with Gasteiger partial charge in [0.2, 0.25) is 0 Å². The van der Waals surface area contributed by atoms with Gasteiger partial charge in [0.1, 0.15) is 0 Å². The first-order valence-corrected chi connectivity index (χ1v) is 11.4. The van der Waals surface area contributed by atoms with Gasteiger partial charge in [-0.1, -0.05) is 19.4 Å². The first-order chi connectivity index (χ1) is 14.6. The predicted octanol–water partition coefficient (Wildman–Crippen LogP) is 3.97. The summed E-state index contributed by atoms with van der Waals surface area (Å²) in [4.78, 5) is 42.9. The highest BCUT2D eigenvalue weighted by Crippen LogP contribution is 2.26. The normalized spacial score (nSPS) is 18.2. The molecule has 0 N–H and O–H groups in total. The molecule has 30 heavy (non-hydrogen) atoms. The Balaban J connectivity index is 1.57. The second kappa shape index (κ2) is 9.10. The number of hydrogen-bond acceptors (Lipinski definition) is 5. The van der Waals surface area contributed by atoms with E-state index in [-0.39, 0.29) is 23.8 Å². The van der Waals surface area contributed by atoms with Crippen molar-refractivity contribution in [2.75, 3.05) is 19.7 Å². The molecule has 0 saturated carbocycles. The Bertz CT molecular complexity index is 935. The third-order valence-corrected chi connectivity index (χ3v) is 6.48. The van der Waals surface area contributed by atoms with Crippen LogP contribution in [0.1, 0.15) is 68.6 Å². The zero-order valence-electron chi connectivity index (χ0n) is 17.1. The number of nitrogens with zero attached hydrogens (tertiary/aromatic N) is 2. The monoisotopic (exact) mass is 426 g/mol. The van der Waals surface area contributed by atoms with Crippen LogP contribution in [0.2, 0.25) is 0 Å². The fourth-order valence-corrected chi connectivity index (χ4v) is 4.69. The van der Waals surface area contributed by atoms with Crippen molar-refractivity contribution in [3.8, 4) is 0 Å². The number of carbonyl (C=O) groups excluding carboxylic acids is 3. The first kappa shape index (κ1) is 20.8. The summed E-state index contributed by atoms with van der Waals surface area (Å²) >= 11 is 1.61. The molecular weight excluding hydrogens is 400 g/mol. The Labute approximate surface area is 180 Å². The van der Waals surface area contributed by atoms with Crippen molar-refractivity contribution in [3.05, 3.63) is 57.3 Å². The van der Waals surface area contributed by atoms with E-state index in [0.29, 0.717) is 36.3 Å². The Hall–Kier alpha value is -2.51. The lowest BCUT2D eigenvalue weighted by molar-refractivity contribution is 0.0509. The van der Waals surface area contributed by atoms with E-state index in [1.807, 2.05) is 24.4 Å². The van der Waals surface area contributed by atoms with Crippen LogP contribution in [0, 0.1) is 0 Å². The van der Waals surface area contributed by atoms with Crippen molar-refractivity contribution in [1.82, 2.24) is 9.80 Å². The molecule has 7 heteroatoms. The van der Waals surface area contributed by atoms with E-state index in [2.05, 4.69) is 0 Å². The highest BCUT2D eigenvalue weighted by molar-refractivity contribution is 7.09. The van der Waals surface area contributed by atoms with Crippen LogP contribution in [0.25, 0.3) is 0 Å². The molecule has 158 valence electrons. The van der Waals surface area contributed by atoms with Crippen molar-refractivity contribution in [1.29, 1.82) is 0 Å². The molecule has 0 aliphatic carbocycles. The van der Waals surface area contributed by atoms with Gasteiger partial charge in [0, 0.05) is 30.1 Å². The van der Waals surface area contributed by atoms with E-state index in [1.54, 1.807) is 34.4 Å². The van der Waals surface area contributed by atoms with Crippen LogP contribution in [-0.2, 0) is 11.3 Å². The SMILES string of the molecule is CCCCN1C(=O)c2ccc(C(=O)N(Cc3cccs3)CC3CCCO3)cc2C1=O. The number of unbranched alkanes of at least 4 members (excludes halogenated alkanes) is 1. The number of benzene rings is 1. The van der Waals surface area contributed by atoms with Gasteiger partial charge in [-0.05, 0) is 48.9 Å². The van der Waals surface area contributed by atoms with Gasteiger partial charge in [-0.3, -0.25) is 19.3 Å². The standard InChI is InChI=1S/C23H26N2O4S/c1-2-3-10-25-22(27)19-9-8-16(13-20(19)23(25)28)21(26)24(14-17-6-4-11-29-17)15-18-7-5-12-30-18/h5,7-9,12-13,17H,2-4,6,10-11,14-15H2,1H3. The zero-order chi connectivity index (χ0) is 21.1. The Morgan fingerprint density at radius 2 is 2.07 bits per heavy atom. The van der Waals surface area contributed by atoms with Crippen LogP contribution in [0.4, 0.5) is 0 Å². The molecular formula is C23H26N2O4S. The maximum absolute atomic E-state index is 13.4. The Morgan fingerprint density at radius 1 is 1.23 bits per heavy atom. The lowest BCUT2D eigenvalue weighted by Gasteiger charge is -2.25. The van der Waals surface area contributed by atoms with Gasteiger partial charge in [-0.15, -0.1) is 11.3 Å². The largest absolute Gasteiger partial charge is 0.376 e.